The van der Waals surface area contributed by atoms with Gasteiger partial charge in [0, 0.05) is 49.1 Å². The van der Waals surface area contributed by atoms with Crippen molar-refractivity contribution in [2.75, 3.05) is 43.1 Å². The predicted octanol–water partition coefficient (Wildman–Crippen LogP) is 4.78. The topological polar surface area (TPSA) is 114 Å². The first-order valence-corrected chi connectivity index (χ1v) is 15.8. The number of carbonyl (C=O) groups excluding carboxylic acids is 1. The van der Waals surface area contributed by atoms with E-state index >= 15 is 0 Å². The van der Waals surface area contributed by atoms with Crippen LogP contribution in [0.1, 0.15) is 10.5 Å². The summed E-state index contributed by atoms with van der Waals surface area (Å²) in [6.45, 7) is 1.93. The summed E-state index contributed by atoms with van der Waals surface area (Å²) in [5, 5.41) is 3.77. The number of nitrogens with zero attached hydrogens (tertiary/aromatic N) is 4. The minimum Gasteiger partial charge on any atom is -0.492 e. The zero-order valence-electron chi connectivity index (χ0n) is 22.1. The number of sulfone groups is 1. The summed E-state index contributed by atoms with van der Waals surface area (Å²) in [4.78, 5) is 30.2. The molecule has 11 heteroatoms. The lowest BCUT2D eigenvalue weighted by Crippen LogP contribution is -2.42. The zero-order valence-corrected chi connectivity index (χ0v) is 23.7. The number of carbonyl (C=O) groups is 1. The first kappa shape index (κ1) is 27.0. The predicted molar refractivity (Wildman–Crippen MR) is 161 cm³/mol. The second kappa shape index (κ2) is 11.7. The van der Waals surface area contributed by atoms with E-state index in [0.717, 1.165) is 26.5 Å². The summed E-state index contributed by atoms with van der Waals surface area (Å²) in [6, 6.07) is 24.3. The third-order valence-corrected chi connectivity index (χ3v) is 9.41. The number of hydrogen-bond donors (Lipinski definition) is 1. The lowest BCUT2D eigenvalue weighted by molar-refractivity contribution is 0.102. The lowest BCUT2D eigenvalue weighted by Gasteiger charge is -2.26. The van der Waals surface area contributed by atoms with E-state index in [1.165, 1.54) is 11.3 Å². The van der Waals surface area contributed by atoms with E-state index in [1.807, 2.05) is 72.8 Å². The summed E-state index contributed by atoms with van der Waals surface area (Å²) < 4.78 is 29.5. The number of hydrogen-bond acceptors (Lipinski definition) is 9. The van der Waals surface area contributed by atoms with Gasteiger partial charge in [0.2, 0.25) is 0 Å². The number of anilines is 1. The van der Waals surface area contributed by atoms with Crippen molar-refractivity contribution in [3.8, 4) is 27.6 Å². The van der Waals surface area contributed by atoms with Gasteiger partial charge in [-0.2, -0.15) is 0 Å². The van der Waals surface area contributed by atoms with Crippen LogP contribution in [-0.4, -0.2) is 71.9 Å². The highest BCUT2D eigenvalue weighted by Gasteiger charge is 2.21. The van der Waals surface area contributed by atoms with Crippen molar-refractivity contribution in [1.82, 2.24) is 19.9 Å². The first-order valence-electron chi connectivity index (χ1n) is 13.2. The Labute approximate surface area is 241 Å². The van der Waals surface area contributed by atoms with Gasteiger partial charge in [-0.05, 0) is 24.3 Å². The van der Waals surface area contributed by atoms with Gasteiger partial charge in [0.05, 0.1) is 22.9 Å². The van der Waals surface area contributed by atoms with E-state index in [1.54, 1.807) is 12.3 Å². The van der Waals surface area contributed by atoms with Gasteiger partial charge in [0.1, 0.15) is 33.4 Å². The monoisotopic (exact) mass is 585 g/mol. The Kier molecular flexibility index (Phi) is 7.73. The van der Waals surface area contributed by atoms with Crippen LogP contribution in [0.4, 0.5) is 5.69 Å². The summed E-state index contributed by atoms with van der Waals surface area (Å²) >= 11 is 1.46. The van der Waals surface area contributed by atoms with Crippen LogP contribution in [0.2, 0.25) is 0 Å². The molecule has 6 rings (SSSR count). The third-order valence-electron chi connectivity index (χ3n) is 6.79. The largest absolute Gasteiger partial charge is 0.492 e. The molecular formula is C30H27N5O4S2. The van der Waals surface area contributed by atoms with Crippen molar-refractivity contribution in [2.45, 2.75) is 0 Å². The van der Waals surface area contributed by atoms with Crippen molar-refractivity contribution in [2.24, 2.45) is 0 Å². The standard InChI is InChI=1S/C30H27N5O4S2/c36-28(33-24-10-5-4-9-23(24)29-34-25-11-6-12-31-30(25)40-29)27-20-22(19-26(32-27)21-7-2-1-3-8-21)39-16-13-35-14-17-41(37,38)18-15-35/h1-12,19-20H,13-18H2,(H,33,36). The Bertz CT molecular complexity index is 1760. The number of ether oxygens (including phenoxy) is 1. The van der Waals surface area contributed by atoms with Gasteiger partial charge in [-0.15, -0.1) is 0 Å². The molecule has 41 heavy (non-hydrogen) atoms. The molecule has 0 spiro atoms. The lowest BCUT2D eigenvalue weighted by atomic mass is 10.1. The minimum atomic E-state index is -2.94. The van der Waals surface area contributed by atoms with Crippen molar-refractivity contribution in [3.05, 3.63) is 90.8 Å². The van der Waals surface area contributed by atoms with E-state index < -0.39 is 9.84 Å². The van der Waals surface area contributed by atoms with Crippen LogP contribution in [0.3, 0.4) is 0 Å². The molecule has 2 aromatic carbocycles. The van der Waals surface area contributed by atoms with Crippen LogP contribution in [0.25, 0.3) is 32.2 Å². The molecule has 0 atom stereocenters. The molecule has 1 saturated heterocycles. The number of amides is 1. The quantitative estimate of drug-likeness (QED) is 0.277. The minimum absolute atomic E-state index is 0.166. The number of fused-ring (bicyclic) bond motifs is 1. The fraction of sp³-hybridized carbons (Fsp3) is 0.200. The average Bonchev–Trinajstić information content (AvgIpc) is 3.43. The average molecular weight is 586 g/mol. The molecule has 1 aliphatic heterocycles. The molecule has 208 valence electrons. The van der Waals surface area contributed by atoms with Gasteiger partial charge < -0.3 is 10.1 Å². The van der Waals surface area contributed by atoms with E-state index in [4.69, 9.17) is 9.72 Å². The van der Waals surface area contributed by atoms with Crippen molar-refractivity contribution in [1.29, 1.82) is 0 Å². The number of thiazole rings is 1. The smallest absolute Gasteiger partial charge is 0.274 e. The molecule has 1 fully saturated rings. The summed E-state index contributed by atoms with van der Waals surface area (Å²) in [7, 11) is -2.94. The second-order valence-corrected chi connectivity index (χ2v) is 12.9. The SMILES string of the molecule is O=C(Nc1ccccc1-c1nc2cccnc2s1)c1cc(OCCN2CCS(=O)(=O)CC2)cc(-c2ccccc2)n1. The van der Waals surface area contributed by atoms with Gasteiger partial charge in [0.25, 0.3) is 5.91 Å². The normalized spacial score (nSPS) is 15.0. The van der Waals surface area contributed by atoms with Gasteiger partial charge in [0.15, 0.2) is 9.84 Å². The molecule has 0 aliphatic carbocycles. The molecule has 4 heterocycles. The molecular weight excluding hydrogens is 558 g/mol. The fourth-order valence-corrected chi connectivity index (χ4v) is 6.80. The molecule has 1 aliphatic rings. The second-order valence-electron chi connectivity index (χ2n) is 9.63. The number of rotatable bonds is 8. The van der Waals surface area contributed by atoms with Gasteiger partial charge in [-0.25, -0.2) is 23.4 Å². The van der Waals surface area contributed by atoms with E-state index in [0.29, 0.717) is 43.4 Å². The van der Waals surface area contributed by atoms with Crippen LogP contribution in [0, 0.1) is 0 Å². The van der Waals surface area contributed by atoms with Gasteiger partial charge in [-0.1, -0.05) is 53.8 Å². The molecule has 1 N–H and O–H groups in total. The summed E-state index contributed by atoms with van der Waals surface area (Å²) in [5.74, 6) is 0.471. The Balaban J connectivity index is 1.24. The van der Waals surface area contributed by atoms with Gasteiger partial charge in [-0.3, -0.25) is 9.69 Å². The highest BCUT2D eigenvalue weighted by atomic mass is 32.2. The zero-order chi connectivity index (χ0) is 28.2. The van der Waals surface area contributed by atoms with Crippen LogP contribution >= 0.6 is 11.3 Å². The maximum Gasteiger partial charge on any atom is 0.274 e. The Hall–Kier alpha value is -4.19. The van der Waals surface area contributed by atoms with E-state index in [-0.39, 0.29) is 23.1 Å². The Morgan fingerprint density at radius 2 is 1.73 bits per heavy atom. The molecule has 9 nitrogen and oxygen atoms in total. The fourth-order valence-electron chi connectivity index (χ4n) is 4.58. The van der Waals surface area contributed by atoms with Gasteiger partial charge >= 0.3 is 0 Å². The maximum absolute atomic E-state index is 13.6. The van der Waals surface area contributed by atoms with Crippen molar-refractivity contribution >= 4 is 43.1 Å². The Morgan fingerprint density at radius 3 is 2.54 bits per heavy atom. The molecule has 0 radical (unpaired) electrons. The summed E-state index contributed by atoms with van der Waals surface area (Å²) in [6.07, 6.45) is 1.74. The van der Waals surface area contributed by atoms with Crippen molar-refractivity contribution in [3.63, 3.8) is 0 Å². The number of benzene rings is 2. The molecule has 3 aromatic heterocycles. The summed E-state index contributed by atoms with van der Waals surface area (Å²) in [5.41, 5.74) is 3.90. The maximum atomic E-state index is 13.6. The Morgan fingerprint density at radius 1 is 0.951 bits per heavy atom. The van der Waals surface area contributed by atoms with E-state index in [2.05, 4.69) is 20.2 Å². The number of aromatic nitrogens is 3. The highest BCUT2D eigenvalue weighted by molar-refractivity contribution is 7.91. The highest BCUT2D eigenvalue weighted by Crippen LogP contribution is 2.34. The first-order chi connectivity index (χ1) is 19.9. The molecule has 1 amide bonds. The molecule has 5 aromatic rings. The van der Waals surface area contributed by atoms with Crippen molar-refractivity contribution < 1.29 is 17.9 Å². The molecule has 0 unspecified atom stereocenters. The van der Waals surface area contributed by atoms with Crippen LogP contribution in [0.15, 0.2) is 85.1 Å². The number of para-hydroxylation sites is 1. The molecule has 0 saturated carbocycles. The number of nitrogens with one attached hydrogen (secondary N) is 1. The van der Waals surface area contributed by atoms with Crippen LogP contribution < -0.4 is 10.1 Å². The number of pyridine rings is 2. The molecule has 0 bridgehead atoms. The third kappa shape index (κ3) is 6.43. The van der Waals surface area contributed by atoms with Crippen LogP contribution in [0.5, 0.6) is 5.75 Å². The van der Waals surface area contributed by atoms with E-state index in [9.17, 15) is 13.2 Å². The van der Waals surface area contributed by atoms with Crippen LogP contribution in [-0.2, 0) is 9.84 Å².